The lowest BCUT2D eigenvalue weighted by molar-refractivity contribution is 0.0695. The summed E-state index contributed by atoms with van der Waals surface area (Å²) in [4.78, 5) is 12.2. The molecule has 0 saturated carbocycles. The van der Waals surface area contributed by atoms with E-state index in [-0.39, 0.29) is 17.4 Å². The number of halogens is 2. The molecule has 0 bridgehead atoms. The molecule has 1 N–H and O–H groups in total. The average Bonchev–Trinajstić information content (AvgIpc) is 2.56. The summed E-state index contributed by atoms with van der Waals surface area (Å²) in [6.07, 6.45) is 1.47. The van der Waals surface area contributed by atoms with Gasteiger partial charge in [-0.2, -0.15) is 0 Å². The molecule has 1 saturated heterocycles. The molecule has 0 atom stereocenters. The second-order valence-electron chi connectivity index (χ2n) is 5.56. The van der Waals surface area contributed by atoms with E-state index in [1.807, 2.05) is 0 Å². The number of carbonyl (C=O) groups excluding carboxylic acids is 1. The van der Waals surface area contributed by atoms with Gasteiger partial charge in [0.05, 0.1) is 5.56 Å². The smallest absolute Gasteiger partial charge is 0.254 e. The van der Waals surface area contributed by atoms with Crippen molar-refractivity contribution in [3.8, 4) is 11.1 Å². The first-order valence-electron chi connectivity index (χ1n) is 7.57. The van der Waals surface area contributed by atoms with Gasteiger partial charge in [-0.15, -0.1) is 0 Å². The minimum Gasteiger partial charge on any atom is -0.381 e. The highest BCUT2D eigenvalue weighted by atomic mass is 19.1. The molecule has 0 aromatic heterocycles. The van der Waals surface area contributed by atoms with Crippen molar-refractivity contribution in [2.45, 2.75) is 18.9 Å². The second kappa shape index (κ2) is 6.87. The van der Waals surface area contributed by atoms with Crippen LogP contribution >= 0.6 is 0 Å². The van der Waals surface area contributed by atoms with Gasteiger partial charge in [-0.1, -0.05) is 18.2 Å². The number of hydrogen-bond donors (Lipinski definition) is 1. The summed E-state index contributed by atoms with van der Waals surface area (Å²) in [5, 5.41) is 2.83. The molecule has 1 aliphatic rings. The van der Waals surface area contributed by atoms with Gasteiger partial charge in [0.25, 0.3) is 5.91 Å². The number of amides is 1. The van der Waals surface area contributed by atoms with E-state index in [2.05, 4.69) is 5.32 Å². The minimum absolute atomic E-state index is 0.0161. The predicted molar refractivity (Wildman–Crippen MR) is 83.1 cm³/mol. The maximum atomic E-state index is 14.3. The van der Waals surface area contributed by atoms with E-state index < -0.39 is 11.7 Å². The Morgan fingerprint density at radius 2 is 1.65 bits per heavy atom. The zero-order valence-electron chi connectivity index (χ0n) is 12.5. The fourth-order valence-electron chi connectivity index (χ4n) is 2.63. The summed E-state index contributed by atoms with van der Waals surface area (Å²) in [5.74, 6) is -1.35. The highest BCUT2D eigenvalue weighted by molar-refractivity contribution is 5.95. The maximum absolute atomic E-state index is 14.3. The van der Waals surface area contributed by atoms with Crippen molar-refractivity contribution in [1.82, 2.24) is 5.32 Å². The third kappa shape index (κ3) is 3.74. The highest BCUT2D eigenvalue weighted by Crippen LogP contribution is 2.22. The average molecular weight is 317 g/mol. The van der Waals surface area contributed by atoms with Crippen molar-refractivity contribution in [2.24, 2.45) is 0 Å². The standard InChI is InChI=1S/C18H17F2NO2/c19-14-4-1-12(2-5-14)13-3-6-16(17(20)11-13)18(22)21-15-7-9-23-10-8-15/h1-6,11,15H,7-10H2,(H,21,22). The van der Waals surface area contributed by atoms with E-state index in [0.717, 1.165) is 12.8 Å². The van der Waals surface area contributed by atoms with Crippen LogP contribution in [-0.2, 0) is 4.74 Å². The molecule has 1 aliphatic heterocycles. The van der Waals surface area contributed by atoms with Crippen LogP contribution < -0.4 is 5.32 Å². The Morgan fingerprint density at radius 1 is 1.00 bits per heavy atom. The van der Waals surface area contributed by atoms with Gasteiger partial charge < -0.3 is 10.1 Å². The molecule has 120 valence electrons. The Labute approximate surface area is 133 Å². The lowest BCUT2D eigenvalue weighted by atomic mass is 10.0. The van der Waals surface area contributed by atoms with Crippen molar-refractivity contribution < 1.29 is 18.3 Å². The van der Waals surface area contributed by atoms with Gasteiger partial charge in [-0.05, 0) is 48.2 Å². The van der Waals surface area contributed by atoms with E-state index in [1.165, 1.54) is 24.3 Å². The summed E-state index contributed by atoms with van der Waals surface area (Å²) < 4.78 is 32.4. The van der Waals surface area contributed by atoms with Crippen molar-refractivity contribution in [1.29, 1.82) is 0 Å². The number of nitrogens with one attached hydrogen (secondary N) is 1. The minimum atomic E-state index is -0.587. The molecular formula is C18H17F2NO2. The first kappa shape index (κ1) is 15.6. The van der Waals surface area contributed by atoms with Crippen molar-refractivity contribution in [3.63, 3.8) is 0 Å². The van der Waals surface area contributed by atoms with Crippen LogP contribution in [0.25, 0.3) is 11.1 Å². The topological polar surface area (TPSA) is 38.3 Å². The van der Waals surface area contributed by atoms with E-state index in [0.29, 0.717) is 24.3 Å². The molecule has 5 heteroatoms. The Bertz CT molecular complexity index is 695. The fourth-order valence-corrected chi connectivity index (χ4v) is 2.63. The summed E-state index contributed by atoms with van der Waals surface area (Å²) >= 11 is 0. The molecule has 1 amide bonds. The molecule has 0 unspecified atom stereocenters. The molecule has 3 nitrogen and oxygen atoms in total. The van der Waals surface area contributed by atoms with Crippen LogP contribution in [0.4, 0.5) is 8.78 Å². The van der Waals surface area contributed by atoms with Gasteiger partial charge in [-0.25, -0.2) is 8.78 Å². The third-order valence-corrected chi connectivity index (χ3v) is 3.95. The number of benzene rings is 2. The van der Waals surface area contributed by atoms with Crippen LogP contribution in [0.15, 0.2) is 42.5 Å². The molecule has 1 heterocycles. The van der Waals surface area contributed by atoms with Crippen LogP contribution in [0.5, 0.6) is 0 Å². The zero-order valence-corrected chi connectivity index (χ0v) is 12.5. The summed E-state index contributed by atoms with van der Waals surface area (Å²) in [6, 6.07) is 10.2. The van der Waals surface area contributed by atoms with Gasteiger partial charge in [0.1, 0.15) is 11.6 Å². The van der Waals surface area contributed by atoms with Crippen LogP contribution in [0, 0.1) is 11.6 Å². The van der Waals surface area contributed by atoms with Gasteiger partial charge in [0.15, 0.2) is 0 Å². The Balaban J connectivity index is 1.76. The molecule has 23 heavy (non-hydrogen) atoms. The number of rotatable bonds is 3. The third-order valence-electron chi connectivity index (χ3n) is 3.95. The molecule has 3 rings (SSSR count). The van der Waals surface area contributed by atoms with Crippen LogP contribution in [0.3, 0.4) is 0 Å². The first-order valence-corrected chi connectivity index (χ1v) is 7.57. The van der Waals surface area contributed by atoms with Crippen LogP contribution in [-0.4, -0.2) is 25.2 Å². The molecule has 0 spiro atoms. The van der Waals surface area contributed by atoms with Crippen molar-refractivity contribution in [2.75, 3.05) is 13.2 Å². The van der Waals surface area contributed by atoms with Crippen LogP contribution in [0.2, 0.25) is 0 Å². The van der Waals surface area contributed by atoms with E-state index in [1.54, 1.807) is 18.2 Å². The summed E-state index contributed by atoms with van der Waals surface area (Å²) in [5.41, 5.74) is 1.31. The molecule has 2 aromatic carbocycles. The molecule has 2 aromatic rings. The number of ether oxygens (including phenoxy) is 1. The highest BCUT2D eigenvalue weighted by Gasteiger charge is 2.19. The van der Waals surface area contributed by atoms with E-state index in [9.17, 15) is 13.6 Å². The van der Waals surface area contributed by atoms with Crippen molar-refractivity contribution >= 4 is 5.91 Å². The van der Waals surface area contributed by atoms with E-state index in [4.69, 9.17) is 4.74 Å². The van der Waals surface area contributed by atoms with Gasteiger partial charge >= 0.3 is 0 Å². The predicted octanol–water partition coefficient (Wildman–Crippen LogP) is 3.54. The lowest BCUT2D eigenvalue weighted by Gasteiger charge is -2.23. The Kier molecular flexibility index (Phi) is 4.67. The van der Waals surface area contributed by atoms with Crippen LogP contribution in [0.1, 0.15) is 23.2 Å². The maximum Gasteiger partial charge on any atom is 0.254 e. The quantitative estimate of drug-likeness (QED) is 0.940. The second-order valence-corrected chi connectivity index (χ2v) is 5.56. The monoisotopic (exact) mass is 317 g/mol. The Morgan fingerprint density at radius 3 is 2.30 bits per heavy atom. The normalized spacial score (nSPS) is 15.4. The molecule has 0 aliphatic carbocycles. The first-order chi connectivity index (χ1) is 11.1. The van der Waals surface area contributed by atoms with Gasteiger partial charge in [0, 0.05) is 19.3 Å². The zero-order chi connectivity index (χ0) is 16.2. The van der Waals surface area contributed by atoms with E-state index >= 15 is 0 Å². The molecule has 1 fully saturated rings. The number of carbonyl (C=O) groups is 1. The number of hydrogen-bond acceptors (Lipinski definition) is 2. The Hall–Kier alpha value is -2.27. The fraction of sp³-hybridized carbons (Fsp3) is 0.278. The van der Waals surface area contributed by atoms with Gasteiger partial charge in [-0.3, -0.25) is 4.79 Å². The summed E-state index contributed by atoms with van der Waals surface area (Å²) in [6.45, 7) is 1.22. The van der Waals surface area contributed by atoms with Crippen molar-refractivity contribution in [3.05, 3.63) is 59.7 Å². The SMILES string of the molecule is O=C(NC1CCOCC1)c1ccc(-c2ccc(F)cc2)cc1F. The van der Waals surface area contributed by atoms with Gasteiger partial charge in [0.2, 0.25) is 0 Å². The molecule has 0 radical (unpaired) electrons. The largest absolute Gasteiger partial charge is 0.381 e. The molecular weight excluding hydrogens is 300 g/mol. The lowest BCUT2D eigenvalue weighted by Crippen LogP contribution is -2.39. The summed E-state index contributed by atoms with van der Waals surface area (Å²) in [7, 11) is 0.